The van der Waals surface area contributed by atoms with Gasteiger partial charge in [0, 0.05) is 0 Å². The third-order valence-electron chi connectivity index (χ3n) is 0.457. The number of rotatable bonds is 0. The fraction of sp³-hybridized carbons (Fsp3) is 0. The van der Waals surface area contributed by atoms with Crippen LogP contribution < -0.4 is 11.2 Å². The molecule has 0 amide bonds. The Morgan fingerprint density at radius 2 is 2.50 bits per heavy atom. The number of carbonyl (C=O) groups is 1. The summed E-state index contributed by atoms with van der Waals surface area (Å²) >= 11 is 0. The lowest BCUT2D eigenvalue weighted by Crippen LogP contribution is -2.37. The minimum absolute atomic E-state index is 0.0791. The van der Waals surface area contributed by atoms with Gasteiger partial charge >= 0.3 is 6.16 Å². The summed E-state index contributed by atoms with van der Waals surface area (Å²) in [6.45, 7) is 0. The number of hydrogen-bond acceptors (Lipinski definition) is 6. The van der Waals surface area contributed by atoms with Crippen LogP contribution in [0.25, 0.3) is 0 Å². The van der Waals surface area contributed by atoms with E-state index in [2.05, 4.69) is 14.8 Å². The zero-order valence-electron chi connectivity index (χ0n) is 3.75. The molecule has 3 N–H and O–H groups in total. The molecule has 6 nitrogen and oxygen atoms in total. The van der Waals surface area contributed by atoms with Crippen LogP contribution in [0.1, 0.15) is 0 Å². The van der Waals surface area contributed by atoms with Crippen LogP contribution in [-0.2, 0) is 9.68 Å². The number of carbonyl (C=O) groups excluding carboxylic acids is 1. The Morgan fingerprint density at radius 1 is 1.75 bits per heavy atom. The number of hydroxylamine groups is 1. The summed E-state index contributed by atoms with van der Waals surface area (Å²) in [6.07, 6.45) is -0.917. The molecule has 0 aromatic carbocycles. The largest absolute Gasteiger partial charge is 0.560 e. The van der Waals surface area contributed by atoms with Crippen molar-refractivity contribution in [3.05, 3.63) is 0 Å². The van der Waals surface area contributed by atoms with Gasteiger partial charge in [0.2, 0.25) is 0 Å². The van der Waals surface area contributed by atoms with E-state index in [1.807, 2.05) is 5.48 Å². The third kappa shape index (κ3) is 0.780. The highest BCUT2D eigenvalue weighted by Gasteiger charge is 2.10. The van der Waals surface area contributed by atoms with E-state index in [1.54, 1.807) is 0 Å². The first-order valence-corrected chi connectivity index (χ1v) is 1.76. The lowest BCUT2D eigenvalue weighted by atomic mass is 11.1. The van der Waals surface area contributed by atoms with Crippen LogP contribution in [0, 0.1) is 0 Å². The summed E-state index contributed by atoms with van der Waals surface area (Å²) in [6, 6.07) is 0. The molecule has 44 valence electrons. The minimum atomic E-state index is -0.917. The maximum absolute atomic E-state index is 9.94. The second-order valence-corrected chi connectivity index (χ2v) is 1.02. The highest BCUT2D eigenvalue weighted by molar-refractivity contribution is 5.79. The summed E-state index contributed by atoms with van der Waals surface area (Å²) in [4.78, 5) is 17.9. The third-order valence-corrected chi connectivity index (χ3v) is 0.457. The van der Waals surface area contributed by atoms with Crippen molar-refractivity contribution in [2.45, 2.75) is 0 Å². The van der Waals surface area contributed by atoms with Crippen molar-refractivity contribution >= 4 is 12.1 Å². The van der Waals surface area contributed by atoms with Crippen LogP contribution in [0.5, 0.6) is 0 Å². The van der Waals surface area contributed by atoms with Gasteiger partial charge in [-0.15, -0.1) is 0 Å². The molecule has 0 atom stereocenters. The van der Waals surface area contributed by atoms with Crippen molar-refractivity contribution in [3.63, 3.8) is 0 Å². The van der Waals surface area contributed by atoms with Crippen molar-refractivity contribution in [3.8, 4) is 0 Å². The van der Waals surface area contributed by atoms with Gasteiger partial charge in [0.25, 0.3) is 5.96 Å². The Labute approximate surface area is 44.2 Å². The molecule has 0 radical (unpaired) electrons. The predicted molar refractivity (Wildman–Crippen MR) is 22.3 cm³/mol. The summed E-state index contributed by atoms with van der Waals surface area (Å²) in [5, 5.41) is 3.02. The quantitative estimate of drug-likeness (QED) is 0.393. The van der Waals surface area contributed by atoms with Gasteiger partial charge in [0.15, 0.2) is 0 Å². The van der Waals surface area contributed by atoms with Crippen LogP contribution in [0.2, 0.25) is 0 Å². The van der Waals surface area contributed by atoms with Gasteiger partial charge < -0.3 is 10.6 Å². The highest BCUT2D eigenvalue weighted by atomic mass is 16.9. The molecule has 0 bridgehead atoms. The van der Waals surface area contributed by atoms with E-state index >= 15 is 0 Å². The summed E-state index contributed by atoms with van der Waals surface area (Å²) in [7, 11) is 0. The molecule has 1 heterocycles. The van der Waals surface area contributed by atoms with Crippen molar-refractivity contribution in [1.82, 2.24) is 5.48 Å². The average molecular weight is 117 g/mol. The molecule has 6 heteroatoms. The van der Waals surface area contributed by atoms with E-state index in [4.69, 9.17) is 5.73 Å². The van der Waals surface area contributed by atoms with Gasteiger partial charge in [-0.1, -0.05) is 0 Å². The van der Waals surface area contributed by atoms with E-state index in [9.17, 15) is 4.79 Å². The van der Waals surface area contributed by atoms with Gasteiger partial charge in [-0.2, -0.15) is 10.3 Å². The number of guanidine groups is 1. The average Bonchev–Trinajstić information content (AvgIpc) is 1.77. The molecule has 0 saturated carbocycles. The smallest absolute Gasteiger partial charge is 0.365 e. The van der Waals surface area contributed by atoms with Crippen LogP contribution in [0.3, 0.4) is 0 Å². The van der Waals surface area contributed by atoms with E-state index in [1.165, 1.54) is 0 Å². The molecule has 0 unspecified atom stereocenters. The maximum Gasteiger partial charge on any atom is 0.560 e. The Balaban J connectivity index is 2.55. The van der Waals surface area contributed by atoms with Gasteiger partial charge in [0.1, 0.15) is 0 Å². The zero-order valence-corrected chi connectivity index (χ0v) is 3.75. The van der Waals surface area contributed by atoms with Crippen molar-refractivity contribution in [1.29, 1.82) is 0 Å². The van der Waals surface area contributed by atoms with Crippen LogP contribution in [0.15, 0.2) is 5.16 Å². The Kier molecular flexibility index (Phi) is 0.918. The van der Waals surface area contributed by atoms with E-state index in [-0.39, 0.29) is 5.96 Å². The normalized spacial score (nSPS) is 17.5. The molecule has 0 saturated heterocycles. The van der Waals surface area contributed by atoms with Crippen LogP contribution in [0.4, 0.5) is 4.79 Å². The van der Waals surface area contributed by atoms with Gasteiger partial charge in [-0.05, 0) is 5.16 Å². The molecule has 0 aromatic heterocycles. The monoisotopic (exact) mass is 117 g/mol. The number of nitrogens with zero attached hydrogens (tertiary/aromatic N) is 1. The first-order valence-electron chi connectivity index (χ1n) is 1.76. The molecule has 0 fully saturated rings. The standard InChI is InChI=1S/C2H3N3O3/c3-1-4-7-2(6)8-5-1/h(H3,3,4,5). The zero-order chi connectivity index (χ0) is 5.98. The SMILES string of the molecule is NC1=NOC(=O)ON1. The fourth-order valence-electron chi connectivity index (χ4n) is 0.218. The molecule has 0 aromatic rings. The Morgan fingerprint density at radius 3 is 2.88 bits per heavy atom. The Bertz CT molecular complexity index is 141. The Hall–Kier alpha value is -1.46. The molecule has 0 spiro atoms. The van der Waals surface area contributed by atoms with Gasteiger partial charge in [-0.25, -0.2) is 0 Å². The van der Waals surface area contributed by atoms with Crippen LogP contribution >= 0.6 is 0 Å². The molecule has 1 aliphatic rings. The van der Waals surface area contributed by atoms with Crippen molar-refractivity contribution < 1.29 is 14.5 Å². The predicted octanol–water partition coefficient (Wildman–Crippen LogP) is -1.11. The lowest BCUT2D eigenvalue weighted by molar-refractivity contribution is 0.0198. The fourth-order valence-corrected chi connectivity index (χ4v) is 0.218. The molecule has 1 aliphatic heterocycles. The molecular weight excluding hydrogens is 114 g/mol. The number of nitrogens with one attached hydrogen (secondary N) is 1. The van der Waals surface area contributed by atoms with E-state index in [0.717, 1.165) is 0 Å². The van der Waals surface area contributed by atoms with Gasteiger partial charge in [0.05, 0.1) is 0 Å². The lowest BCUT2D eigenvalue weighted by Gasteiger charge is -2.06. The van der Waals surface area contributed by atoms with Crippen molar-refractivity contribution in [2.24, 2.45) is 10.9 Å². The molecule has 0 aliphatic carbocycles. The maximum atomic E-state index is 9.94. The topological polar surface area (TPSA) is 85.9 Å². The molecule has 1 rings (SSSR count). The van der Waals surface area contributed by atoms with Crippen molar-refractivity contribution in [2.75, 3.05) is 0 Å². The molecule has 8 heavy (non-hydrogen) atoms. The van der Waals surface area contributed by atoms with E-state index < -0.39 is 6.16 Å². The number of oxime groups is 1. The second-order valence-electron chi connectivity index (χ2n) is 1.02. The first kappa shape index (κ1) is 4.69. The number of nitrogens with two attached hydrogens (primary N) is 1. The first-order chi connectivity index (χ1) is 3.79. The second kappa shape index (κ2) is 1.57. The summed E-state index contributed by atoms with van der Waals surface area (Å²) in [5.74, 6) is -0.0791. The van der Waals surface area contributed by atoms with Gasteiger partial charge in [-0.3, -0.25) is 4.84 Å². The summed E-state index contributed by atoms with van der Waals surface area (Å²) in [5.41, 5.74) is 6.92. The minimum Gasteiger partial charge on any atom is -0.365 e. The van der Waals surface area contributed by atoms with Crippen LogP contribution in [-0.4, -0.2) is 12.1 Å². The summed E-state index contributed by atoms with van der Waals surface area (Å²) < 4.78 is 0. The van der Waals surface area contributed by atoms with E-state index in [0.29, 0.717) is 0 Å². The highest BCUT2D eigenvalue weighted by Crippen LogP contribution is 1.86. The molecular formula is C2H3N3O3. The number of hydrogen-bond donors (Lipinski definition) is 2.